The third-order valence-electron chi connectivity index (χ3n) is 3.34. The van der Waals surface area contributed by atoms with Crippen LogP contribution in [0.5, 0.6) is 0 Å². The summed E-state index contributed by atoms with van der Waals surface area (Å²) < 4.78 is 0. The summed E-state index contributed by atoms with van der Waals surface area (Å²) >= 11 is 0. The number of nitrogens with zero attached hydrogens (tertiary/aromatic N) is 1. The minimum Gasteiger partial charge on any atom is -0.396 e. The quantitative estimate of drug-likeness (QED) is 0.690. The molecule has 2 N–H and O–H groups in total. The van der Waals surface area contributed by atoms with Crippen molar-refractivity contribution >= 4 is 0 Å². The summed E-state index contributed by atoms with van der Waals surface area (Å²) in [4.78, 5) is 2.53. The zero-order valence-corrected chi connectivity index (χ0v) is 10.9. The van der Waals surface area contributed by atoms with E-state index in [0.29, 0.717) is 12.5 Å². The number of aliphatic hydroxyl groups excluding tert-OH is 1. The van der Waals surface area contributed by atoms with Crippen LogP contribution >= 0.6 is 0 Å². The van der Waals surface area contributed by atoms with E-state index >= 15 is 0 Å². The number of hydrogen-bond donors (Lipinski definition) is 2. The van der Waals surface area contributed by atoms with Crippen molar-refractivity contribution in [2.45, 2.75) is 33.1 Å². The molecule has 1 heterocycles. The van der Waals surface area contributed by atoms with Crippen LogP contribution in [0.1, 0.15) is 33.1 Å². The van der Waals surface area contributed by atoms with Crippen LogP contribution in [0.15, 0.2) is 0 Å². The maximum atomic E-state index is 9.12. The molecule has 16 heavy (non-hydrogen) atoms. The first-order valence-corrected chi connectivity index (χ1v) is 6.80. The van der Waals surface area contributed by atoms with Gasteiger partial charge in [0.2, 0.25) is 0 Å². The minimum atomic E-state index is 0.309. The molecule has 0 aromatic rings. The first-order valence-electron chi connectivity index (χ1n) is 6.80. The Morgan fingerprint density at radius 3 is 2.88 bits per heavy atom. The topological polar surface area (TPSA) is 35.5 Å². The van der Waals surface area contributed by atoms with Crippen molar-refractivity contribution in [2.75, 3.05) is 39.3 Å². The molecular weight excluding hydrogens is 200 g/mol. The number of nitrogens with one attached hydrogen (secondary N) is 1. The molecule has 0 radical (unpaired) electrons. The highest BCUT2D eigenvalue weighted by atomic mass is 16.3. The summed E-state index contributed by atoms with van der Waals surface area (Å²) in [6.45, 7) is 10.4. The Balaban J connectivity index is 2.30. The molecule has 2 unspecified atom stereocenters. The van der Waals surface area contributed by atoms with Gasteiger partial charge in [0.1, 0.15) is 0 Å². The minimum absolute atomic E-state index is 0.309. The second-order valence-electron chi connectivity index (χ2n) is 5.26. The average Bonchev–Trinajstić information content (AvgIpc) is 2.30. The third-order valence-corrected chi connectivity index (χ3v) is 3.34. The first-order chi connectivity index (χ1) is 7.76. The van der Waals surface area contributed by atoms with Gasteiger partial charge < -0.3 is 15.3 Å². The van der Waals surface area contributed by atoms with Gasteiger partial charge in [-0.15, -0.1) is 0 Å². The second kappa shape index (κ2) is 8.04. The van der Waals surface area contributed by atoms with E-state index < -0.39 is 0 Å². The SMILES string of the molecule is CCCN(CC(C)CO)CC1CCCNC1. The highest BCUT2D eigenvalue weighted by Gasteiger charge is 2.17. The molecule has 0 aromatic carbocycles. The number of hydrogen-bond acceptors (Lipinski definition) is 3. The van der Waals surface area contributed by atoms with Crippen molar-refractivity contribution in [2.24, 2.45) is 11.8 Å². The van der Waals surface area contributed by atoms with Crippen LogP contribution in [0.3, 0.4) is 0 Å². The summed E-state index contributed by atoms with van der Waals surface area (Å²) in [5.41, 5.74) is 0. The molecule has 0 bridgehead atoms. The molecule has 1 fully saturated rings. The standard InChI is InChI=1S/C13H28N2O/c1-3-7-15(9-12(2)11-16)10-13-5-4-6-14-8-13/h12-14,16H,3-11H2,1-2H3. The van der Waals surface area contributed by atoms with Crippen LogP contribution in [-0.4, -0.2) is 49.3 Å². The molecule has 2 atom stereocenters. The number of rotatable bonds is 7. The van der Waals surface area contributed by atoms with Crippen LogP contribution in [0.25, 0.3) is 0 Å². The van der Waals surface area contributed by atoms with E-state index in [4.69, 9.17) is 5.11 Å². The Morgan fingerprint density at radius 1 is 1.50 bits per heavy atom. The van der Waals surface area contributed by atoms with Crippen LogP contribution in [0.2, 0.25) is 0 Å². The molecule has 0 saturated carbocycles. The monoisotopic (exact) mass is 228 g/mol. The van der Waals surface area contributed by atoms with E-state index in [0.717, 1.165) is 12.5 Å². The molecule has 96 valence electrons. The summed E-state index contributed by atoms with van der Waals surface area (Å²) in [6, 6.07) is 0. The zero-order chi connectivity index (χ0) is 11.8. The predicted octanol–water partition coefficient (Wildman–Crippen LogP) is 1.33. The lowest BCUT2D eigenvalue weighted by Gasteiger charge is -2.31. The maximum absolute atomic E-state index is 9.12. The van der Waals surface area contributed by atoms with E-state index in [-0.39, 0.29) is 0 Å². The van der Waals surface area contributed by atoms with Crippen molar-refractivity contribution in [3.05, 3.63) is 0 Å². The Bertz CT molecular complexity index is 169. The van der Waals surface area contributed by atoms with Gasteiger partial charge in [-0.1, -0.05) is 13.8 Å². The molecule has 0 spiro atoms. The summed E-state index contributed by atoms with van der Waals surface area (Å²) in [7, 11) is 0. The molecule has 0 amide bonds. The Hall–Kier alpha value is -0.120. The molecule has 1 rings (SSSR count). The predicted molar refractivity (Wildman–Crippen MR) is 68.6 cm³/mol. The molecule has 3 heteroatoms. The summed E-state index contributed by atoms with van der Waals surface area (Å²) in [5.74, 6) is 1.22. The van der Waals surface area contributed by atoms with E-state index in [1.165, 1.54) is 45.4 Å². The van der Waals surface area contributed by atoms with Gasteiger partial charge in [-0.2, -0.15) is 0 Å². The van der Waals surface area contributed by atoms with E-state index in [1.54, 1.807) is 0 Å². The lowest BCUT2D eigenvalue weighted by atomic mass is 9.98. The van der Waals surface area contributed by atoms with Crippen LogP contribution in [0, 0.1) is 11.8 Å². The summed E-state index contributed by atoms with van der Waals surface area (Å²) in [5, 5.41) is 12.6. The normalized spacial score (nSPS) is 23.6. The number of piperidine rings is 1. The van der Waals surface area contributed by atoms with E-state index in [2.05, 4.69) is 24.1 Å². The van der Waals surface area contributed by atoms with Gasteiger partial charge in [-0.25, -0.2) is 0 Å². The third kappa shape index (κ3) is 5.28. The van der Waals surface area contributed by atoms with Gasteiger partial charge >= 0.3 is 0 Å². The Labute approximate surface area is 100 Å². The van der Waals surface area contributed by atoms with E-state index in [1.807, 2.05) is 0 Å². The second-order valence-corrected chi connectivity index (χ2v) is 5.26. The smallest absolute Gasteiger partial charge is 0.0468 e. The highest BCUT2D eigenvalue weighted by Crippen LogP contribution is 2.13. The van der Waals surface area contributed by atoms with E-state index in [9.17, 15) is 0 Å². The van der Waals surface area contributed by atoms with Crippen molar-refractivity contribution in [3.8, 4) is 0 Å². The van der Waals surface area contributed by atoms with Crippen molar-refractivity contribution in [1.29, 1.82) is 0 Å². The molecule has 1 aliphatic rings. The first kappa shape index (κ1) is 13.9. The molecular formula is C13H28N2O. The fraction of sp³-hybridized carbons (Fsp3) is 1.00. The zero-order valence-electron chi connectivity index (χ0n) is 10.9. The van der Waals surface area contributed by atoms with Crippen LogP contribution in [0.4, 0.5) is 0 Å². The lowest BCUT2D eigenvalue weighted by molar-refractivity contribution is 0.149. The van der Waals surface area contributed by atoms with Gasteiger partial charge in [0.15, 0.2) is 0 Å². The lowest BCUT2D eigenvalue weighted by Crippen LogP contribution is -2.40. The largest absolute Gasteiger partial charge is 0.396 e. The number of aliphatic hydroxyl groups is 1. The molecule has 1 saturated heterocycles. The average molecular weight is 228 g/mol. The molecule has 0 aromatic heterocycles. The van der Waals surface area contributed by atoms with Crippen molar-refractivity contribution < 1.29 is 5.11 Å². The van der Waals surface area contributed by atoms with Gasteiger partial charge in [0.25, 0.3) is 0 Å². The van der Waals surface area contributed by atoms with Gasteiger partial charge in [0.05, 0.1) is 0 Å². The van der Waals surface area contributed by atoms with Crippen LogP contribution < -0.4 is 5.32 Å². The molecule has 3 nitrogen and oxygen atoms in total. The molecule has 1 aliphatic heterocycles. The van der Waals surface area contributed by atoms with Gasteiger partial charge in [-0.3, -0.25) is 0 Å². The van der Waals surface area contributed by atoms with Crippen LogP contribution in [-0.2, 0) is 0 Å². The van der Waals surface area contributed by atoms with Crippen molar-refractivity contribution in [3.63, 3.8) is 0 Å². The fourth-order valence-electron chi connectivity index (χ4n) is 2.52. The Morgan fingerprint density at radius 2 is 2.31 bits per heavy atom. The highest BCUT2D eigenvalue weighted by molar-refractivity contribution is 4.73. The Kier molecular flexibility index (Phi) is 7.01. The van der Waals surface area contributed by atoms with Gasteiger partial charge in [0, 0.05) is 19.7 Å². The maximum Gasteiger partial charge on any atom is 0.0468 e. The van der Waals surface area contributed by atoms with Crippen molar-refractivity contribution in [1.82, 2.24) is 10.2 Å². The molecule has 0 aliphatic carbocycles. The fourth-order valence-corrected chi connectivity index (χ4v) is 2.52. The van der Waals surface area contributed by atoms with Gasteiger partial charge in [-0.05, 0) is 50.7 Å². The summed E-state index contributed by atoms with van der Waals surface area (Å²) in [6.07, 6.45) is 3.89.